The van der Waals surface area contributed by atoms with Crippen LogP contribution in [0.15, 0.2) is 23.1 Å². The average molecular weight is 351 g/mol. The number of hydrogen-bond acceptors (Lipinski definition) is 4. The van der Waals surface area contributed by atoms with E-state index in [1.807, 2.05) is 33.1 Å². The van der Waals surface area contributed by atoms with Crippen LogP contribution < -0.4 is 10.0 Å². The van der Waals surface area contributed by atoms with Crippen molar-refractivity contribution in [3.05, 3.63) is 28.8 Å². The van der Waals surface area contributed by atoms with Gasteiger partial charge in [-0.1, -0.05) is 31.5 Å². The van der Waals surface area contributed by atoms with E-state index in [1.165, 1.54) is 0 Å². The number of halogens is 1. The molecular formula is C14H23ClN2O2S2. The van der Waals surface area contributed by atoms with Crippen molar-refractivity contribution in [2.45, 2.75) is 44.3 Å². The fraction of sp³-hybridized carbons (Fsp3) is 0.571. The topological polar surface area (TPSA) is 58.2 Å². The van der Waals surface area contributed by atoms with E-state index in [2.05, 4.69) is 10.0 Å². The van der Waals surface area contributed by atoms with Crippen LogP contribution in [0.5, 0.6) is 0 Å². The van der Waals surface area contributed by atoms with Crippen LogP contribution in [0, 0.1) is 0 Å². The number of rotatable bonds is 8. The zero-order chi connectivity index (χ0) is 16.0. The SMILES string of the molecule is CSCC(C)NS(=O)(=O)c1cc(CNC(C)C)ccc1Cl. The Kier molecular flexibility index (Phi) is 7.50. The summed E-state index contributed by atoms with van der Waals surface area (Å²) < 4.78 is 27.5. The van der Waals surface area contributed by atoms with Crippen LogP contribution in [0.2, 0.25) is 5.02 Å². The van der Waals surface area contributed by atoms with Crippen LogP contribution in [0.3, 0.4) is 0 Å². The maximum absolute atomic E-state index is 12.4. The summed E-state index contributed by atoms with van der Waals surface area (Å²) >= 11 is 7.65. The lowest BCUT2D eigenvalue weighted by Crippen LogP contribution is -2.34. The molecule has 0 aliphatic carbocycles. The maximum atomic E-state index is 12.4. The molecular weight excluding hydrogens is 328 g/mol. The van der Waals surface area contributed by atoms with Gasteiger partial charge in [0.15, 0.2) is 0 Å². The first-order valence-electron chi connectivity index (χ1n) is 6.79. The first-order valence-corrected chi connectivity index (χ1v) is 10.0. The summed E-state index contributed by atoms with van der Waals surface area (Å²) in [5, 5.41) is 3.50. The number of benzene rings is 1. The molecule has 0 bridgehead atoms. The monoisotopic (exact) mass is 350 g/mol. The minimum absolute atomic E-state index is 0.139. The lowest BCUT2D eigenvalue weighted by molar-refractivity contribution is 0.570. The third-order valence-electron chi connectivity index (χ3n) is 2.77. The summed E-state index contributed by atoms with van der Waals surface area (Å²) in [6, 6.07) is 5.29. The molecule has 7 heteroatoms. The van der Waals surface area contributed by atoms with Crippen LogP contribution in [0.25, 0.3) is 0 Å². The third-order valence-corrected chi connectivity index (χ3v) is 5.68. The Hall–Kier alpha value is -0.270. The molecule has 120 valence electrons. The zero-order valence-corrected chi connectivity index (χ0v) is 15.2. The fourth-order valence-electron chi connectivity index (χ4n) is 1.80. The molecule has 0 amide bonds. The summed E-state index contributed by atoms with van der Waals surface area (Å²) in [5.74, 6) is 0.714. The number of thioether (sulfide) groups is 1. The highest BCUT2D eigenvalue weighted by molar-refractivity contribution is 7.98. The summed E-state index contributed by atoms with van der Waals surface area (Å²) in [6.45, 7) is 6.53. The Labute approximate surface area is 137 Å². The molecule has 2 N–H and O–H groups in total. The first kappa shape index (κ1) is 18.8. The minimum Gasteiger partial charge on any atom is -0.310 e. The third kappa shape index (κ3) is 6.16. The second-order valence-electron chi connectivity index (χ2n) is 5.28. The molecule has 0 radical (unpaired) electrons. The van der Waals surface area contributed by atoms with E-state index in [0.717, 1.165) is 5.56 Å². The minimum atomic E-state index is -3.60. The lowest BCUT2D eigenvalue weighted by Gasteiger charge is -2.15. The molecule has 1 atom stereocenters. The highest BCUT2D eigenvalue weighted by Gasteiger charge is 2.20. The van der Waals surface area contributed by atoms with Crippen LogP contribution in [0.1, 0.15) is 26.3 Å². The van der Waals surface area contributed by atoms with E-state index in [4.69, 9.17) is 11.6 Å². The van der Waals surface area contributed by atoms with Gasteiger partial charge in [-0.3, -0.25) is 0 Å². The Morgan fingerprint density at radius 2 is 1.95 bits per heavy atom. The molecule has 1 aromatic rings. The lowest BCUT2D eigenvalue weighted by atomic mass is 10.2. The summed E-state index contributed by atoms with van der Waals surface area (Å²) in [4.78, 5) is 0.139. The average Bonchev–Trinajstić information content (AvgIpc) is 2.37. The molecule has 0 heterocycles. The fourth-order valence-corrected chi connectivity index (χ4v) is 4.28. The Morgan fingerprint density at radius 1 is 1.29 bits per heavy atom. The van der Waals surface area contributed by atoms with Crippen LogP contribution in [0.4, 0.5) is 0 Å². The Bertz CT molecular complexity index is 562. The van der Waals surface area contributed by atoms with Crippen LogP contribution in [-0.4, -0.2) is 32.5 Å². The van der Waals surface area contributed by atoms with Gasteiger partial charge in [0.05, 0.1) is 5.02 Å². The van der Waals surface area contributed by atoms with Gasteiger partial charge < -0.3 is 5.32 Å². The largest absolute Gasteiger partial charge is 0.310 e. The van der Waals surface area contributed by atoms with E-state index < -0.39 is 10.0 Å². The maximum Gasteiger partial charge on any atom is 0.242 e. The molecule has 0 saturated heterocycles. The second-order valence-corrected chi connectivity index (χ2v) is 8.28. The van der Waals surface area contributed by atoms with Crippen LogP contribution >= 0.6 is 23.4 Å². The number of sulfonamides is 1. The van der Waals surface area contributed by atoms with Crippen molar-refractivity contribution in [2.24, 2.45) is 0 Å². The summed E-state index contributed by atoms with van der Waals surface area (Å²) in [6.07, 6.45) is 1.94. The number of nitrogens with one attached hydrogen (secondary N) is 2. The molecule has 0 aliphatic rings. The summed E-state index contributed by atoms with van der Waals surface area (Å²) in [7, 11) is -3.60. The Balaban J connectivity index is 2.96. The summed E-state index contributed by atoms with van der Waals surface area (Å²) in [5.41, 5.74) is 0.894. The predicted octanol–water partition coefficient (Wildman–Crippen LogP) is 2.87. The van der Waals surface area contributed by atoms with Crippen molar-refractivity contribution in [3.63, 3.8) is 0 Å². The molecule has 21 heavy (non-hydrogen) atoms. The van der Waals surface area contributed by atoms with Gasteiger partial charge in [-0.05, 0) is 30.9 Å². The van der Waals surface area contributed by atoms with Crippen molar-refractivity contribution in [1.82, 2.24) is 10.0 Å². The van der Waals surface area contributed by atoms with Gasteiger partial charge in [-0.2, -0.15) is 11.8 Å². The molecule has 0 aliphatic heterocycles. The van der Waals surface area contributed by atoms with Gasteiger partial charge in [-0.25, -0.2) is 13.1 Å². The molecule has 0 saturated carbocycles. The van der Waals surface area contributed by atoms with Gasteiger partial charge in [-0.15, -0.1) is 0 Å². The second kappa shape index (κ2) is 8.39. The highest BCUT2D eigenvalue weighted by atomic mass is 35.5. The first-order chi connectivity index (χ1) is 9.76. The van der Waals surface area contributed by atoms with Gasteiger partial charge >= 0.3 is 0 Å². The molecule has 1 aromatic carbocycles. The van der Waals surface area contributed by atoms with E-state index in [0.29, 0.717) is 18.3 Å². The van der Waals surface area contributed by atoms with Gasteiger partial charge in [0, 0.05) is 24.4 Å². The number of hydrogen-bond donors (Lipinski definition) is 2. The molecule has 0 spiro atoms. The van der Waals surface area contributed by atoms with Crippen LogP contribution in [-0.2, 0) is 16.6 Å². The zero-order valence-electron chi connectivity index (χ0n) is 12.8. The normalized spacial score (nSPS) is 13.6. The van der Waals surface area contributed by atoms with Crippen molar-refractivity contribution >= 4 is 33.4 Å². The van der Waals surface area contributed by atoms with Crippen molar-refractivity contribution < 1.29 is 8.42 Å². The van der Waals surface area contributed by atoms with Gasteiger partial charge in [0.25, 0.3) is 0 Å². The highest BCUT2D eigenvalue weighted by Crippen LogP contribution is 2.23. The molecule has 0 fully saturated rings. The van der Waals surface area contributed by atoms with Crippen molar-refractivity contribution in [3.8, 4) is 0 Å². The van der Waals surface area contributed by atoms with Gasteiger partial charge in [0.2, 0.25) is 10.0 Å². The molecule has 4 nitrogen and oxygen atoms in total. The van der Waals surface area contributed by atoms with Gasteiger partial charge in [0.1, 0.15) is 4.90 Å². The van der Waals surface area contributed by atoms with E-state index >= 15 is 0 Å². The smallest absolute Gasteiger partial charge is 0.242 e. The quantitative estimate of drug-likeness (QED) is 0.757. The molecule has 0 aromatic heterocycles. The standard InChI is InChI=1S/C14H23ClN2O2S2/c1-10(2)16-8-12-5-6-13(15)14(7-12)21(18,19)17-11(3)9-20-4/h5-7,10-11,16-17H,8-9H2,1-4H3. The van der Waals surface area contributed by atoms with E-state index in [-0.39, 0.29) is 16.0 Å². The van der Waals surface area contributed by atoms with E-state index in [9.17, 15) is 8.42 Å². The Morgan fingerprint density at radius 3 is 2.52 bits per heavy atom. The molecule has 1 rings (SSSR count). The predicted molar refractivity (Wildman–Crippen MR) is 91.6 cm³/mol. The van der Waals surface area contributed by atoms with E-state index in [1.54, 1.807) is 23.9 Å². The van der Waals surface area contributed by atoms with Crippen molar-refractivity contribution in [1.29, 1.82) is 0 Å². The molecule has 1 unspecified atom stereocenters. The van der Waals surface area contributed by atoms with Crippen molar-refractivity contribution in [2.75, 3.05) is 12.0 Å².